The fourth-order valence-corrected chi connectivity index (χ4v) is 3.57. The molecule has 1 heterocycles. The highest BCUT2D eigenvalue weighted by Crippen LogP contribution is 2.21. The van der Waals surface area contributed by atoms with Gasteiger partial charge >= 0.3 is 0 Å². The molecule has 0 saturated heterocycles. The molecule has 0 spiro atoms. The third-order valence-corrected chi connectivity index (χ3v) is 5.40. The molecule has 1 amide bonds. The standard InChI is InChI=1S/C19H19FN4O3S/c1-13-3-6-16(7-4-13)28(26,27)23-18-9-15(5-8-17(18)20)19(25)21-10-14-11-22-24(2)12-14/h3-9,11-12,23H,10H2,1-2H3,(H,21,25). The summed E-state index contributed by atoms with van der Waals surface area (Å²) in [5.74, 6) is -1.24. The first-order chi connectivity index (χ1) is 13.2. The van der Waals surface area contributed by atoms with E-state index < -0.39 is 21.7 Å². The molecule has 0 aliphatic carbocycles. The maximum Gasteiger partial charge on any atom is 0.261 e. The second-order valence-electron chi connectivity index (χ2n) is 6.32. The van der Waals surface area contributed by atoms with Gasteiger partial charge in [0.25, 0.3) is 15.9 Å². The maximum absolute atomic E-state index is 14.1. The minimum atomic E-state index is -3.98. The van der Waals surface area contributed by atoms with Crippen molar-refractivity contribution in [3.63, 3.8) is 0 Å². The predicted molar refractivity (Wildman–Crippen MR) is 103 cm³/mol. The summed E-state index contributed by atoms with van der Waals surface area (Å²) < 4.78 is 42.9. The number of aryl methyl sites for hydroxylation is 2. The van der Waals surface area contributed by atoms with Gasteiger partial charge in [-0.25, -0.2) is 12.8 Å². The number of hydrogen-bond acceptors (Lipinski definition) is 4. The van der Waals surface area contributed by atoms with Gasteiger partial charge < -0.3 is 5.32 Å². The topological polar surface area (TPSA) is 93.1 Å². The number of rotatable bonds is 6. The molecule has 0 saturated carbocycles. The smallest absolute Gasteiger partial charge is 0.261 e. The average molecular weight is 402 g/mol. The highest BCUT2D eigenvalue weighted by atomic mass is 32.2. The number of benzene rings is 2. The Labute approximate surface area is 162 Å². The van der Waals surface area contributed by atoms with E-state index in [-0.39, 0.29) is 22.7 Å². The summed E-state index contributed by atoms with van der Waals surface area (Å²) in [6.45, 7) is 2.07. The second kappa shape index (κ2) is 7.81. The minimum Gasteiger partial charge on any atom is -0.348 e. The van der Waals surface area contributed by atoms with E-state index in [2.05, 4.69) is 15.1 Å². The number of anilines is 1. The summed E-state index contributed by atoms with van der Waals surface area (Å²) in [6, 6.07) is 9.66. The van der Waals surface area contributed by atoms with E-state index in [0.29, 0.717) is 0 Å². The molecular formula is C19H19FN4O3S. The number of carbonyl (C=O) groups is 1. The lowest BCUT2D eigenvalue weighted by Crippen LogP contribution is -2.23. The van der Waals surface area contributed by atoms with Crippen molar-refractivity contribution in [3.8, 4) is 0 Å². The molecule has 2 N–H and O–H groups in total. The largest absolute Gasteiger partial charge is 0.348 e. The van der Waals surface area contributed by atoms with Crippen molar-refractivity contribution in [2.24, 2.45) is 7.05 Å². The Morgan fingerprint density at radius 2 is 1.89 bits per heavy atom. The van der Waals surface area contributed by atoms with Crippen molar-refractivity contribution in [3.05, 3.63) is 77.4 Å². The Morgan fingerprint density at radius 1 is 1.18 bits per heavy atom. The number of hydrogen-bond donors (Lipinski definition) is 2. The van der Waals surface area contributed by atoms with Crippen LogP contribution in [0.5, 0.6) is 0 Å². The number of halogens is 1. The van der Waals surface area contributed by atoms with Gasteiger partial charge in [0.05, 0.1) is 16.8 Å². The molecule has 7 nitrogen and oxygen atoms in total. The molecule has 0 unspecified atom stereocenters. The zero-order chi connectivity index (χ0) is 20.3. The number of sulfonamides is 1. The lowest BCUT2D eigenvalue weighted by molar-refractivity contribution is 0.0951. The van der Waals surface area contributed by atoms with Crippen LogP contribution in [-0.4, -0.2) is 24.1 Å². The van der Waals surface area contributed by atoms with Gasteiger partial charge in [-0.3, -0.25) is 14.2 Å². The summed E-state index contributed by atoms with van der Waals surface area (Å²) in [5.41, 5.74) is 1.54. The van der Waals surface area contributed by atoms with Crippen molar-refractivity contribution in [2.75, 3.05) is 4.72 Å². The second-order valence-corrected chi connectivity index (χ2v) is 8.00. The highest BCUT2D eigenvalue weighted by Gasteiger charge is 2.18. The summed E-state index contributed by atoms with van der Waals surface area (Å²) in [4.78, 5) is 12.3. The van der Waals surface area contributed by atoms with Crippen LogP contribution in [0.2, 0.25) is 0 Å². The van der Waals surface area contributed by atoms with Gasteiger partial charge in [0.15, 0.2) is 0 Å². The van der Waals surface area contributed by atoms with E-state index in [1.165, 1.54) is 24.3 Å². The van der Waals surface area contributed by atoms with Crippen LogP contribution >= 0.6 is 0 Å². The van der Waals surface area contributed by atoms with E-state index in [9.17, 15) is 17.6 Å². The first kappa shape index (κ1) is 19.6. The van der Waals surface area contributed by atoms with Crippen LogP contribution in [0.15, 0.2) is 59.8 Å². The van der Waals surface area contributed by atoms with Crippen LogP contribution in [0.1, 0.15) is 21.5 Å². The molecule has 0 aliphatic rings. The van der Waals surface area contributed by atoms with E-state index in [4.69, 9.17) is 0 Å². The first-order valence-corrected chi connectivity index (χ1v) is 9.88. The molecule has 3 aromatic rings. The van der Waals surface area contributed by atoms with Crippen LogP contribution in [0.3, 0.4) is 0 Å². The molecule has 0 radical (unpaired) electrons. The van der Waals surface area contributed by atoms with Crippen LogP contribution in [0.4, 0.5) is 10.1 Å². The molecule has 1 aromatic heterocycles. The fraction of sp³-hybridized carbons (Fsp3) is 0.158. The van der Waals surface area contributed by atoms with E-state index in [1.807, 2.05) is 6.92 Å². The summed E-state index contributed by atoms with van der Waals surface area (Å²) in [5, 5.41) is 6.69. The summed E-state index contributed by atoms with van der Waals surface area (Å²) >= 11 is 0. The van der Waals surface area contributed by atoms with Gasteiger partial charge in [-0.15, -0.1) is 0 Å². The van der Waals surface area contributed by atoms with E-state index >= 15 is 0 Å². The maximum atomic E-state index is 14.1. The average Bonchev–Trinajstić information content (AvgIpc) is 3.07. The van der Waals surface area contributed by atoms with Crippen LogP contribution in [0, 0.1) is 12.7 Å². The number of nitrogens with one attached hydrogen (secondary N) is 2. The van der Waals surface area contributed by atoms with Gasteiger partial charge in [0.1, 0.15) is 5.82 Å². The van der Waals surface area contributed by atoms with Gasteiger partial charge in [-0.1, -0.05) is 17.7 Å². The van der Waals surface area contributed by atoms with Gasteiger partial charge in [-0.2, -0.15) is 5.10 Å². The fourth-order valence-electron chi connectivity index (χ4n) is 2.51. The number of amides is 1. The SMILES string of the molecule is Cc1ccc(S(=O)(=O)Nc2cc(C(=O)NCc3cnn(C)c3)ccc2F)cc1. The molecule has 0 fully saturated rings. The molecule has 0 atom stereocenters. The third-order valence-electron chi connectivity index (χ3n) is 4.02. The summed E-state index contributed by atoms with van der Waals surface area (Å²) in [7, 11) is -2.22. The zero-order valence-electron chi connectivity index (χ0n) is 15.3. The molecule has 2 aromatic carbocycles. The molecule has 9 heteroatoms. The van der Waals surface area contributed by atoms with Crippen molar-refractivity contribution < 1.29 is 17.6 Å². The molecule has 28 heavy (non-hydrogen) atoms. The van der Waals surface area contributed by atoms with Crippen LogP contribution in [0.25, 0.3) is 0 Å². The Bertz CT molecular complexity index is 1110. The Kier molecular flexibility index (Phi) is 5.46. The minimum absolute atomic E-state index is 0.00364. The molecular weight excluding hydrogens is 383 g/mol. The van der Waals surface area contributed by atoms with Gasteiger partial charge in [-0.05, 0) is 37.3 Å². The lowest BCUT2D eigenvalue weighted by atomic mass is 10.2. The van der Waals surface area contributed by atoms with Crippen molar-refractivity contribution in [1.82, 2.24) is 15.1 Å². The normalized spacial score (nSPS) is 11.2. The van der Waals surface area contributed by atoms with Crippen LogP contribution < -0.4 is 10.0 Å². The Morgan fingerprint density at radius 3 is 2.54 bits per heavy atom. The predicted octanol–water partition coefficient (Wildman–Crippen LogP) is 2.60. The van der Waals surface area contributed by atoms with Gasteiger partial charge in [0, 0.05) is 30.9 Å². The van der Waals surface area contributed by atoms with E-state index in [0.717, 1.165) is 17.2 Å². The molecule has 0 bridgehead atoms. The van der Waals surface area contributed by atoms with Gasteiger partial charge in [0.2, 0.25) is 0 Å². The monoisotopic (exact) mass is 402 g/mol. The number of aromatic nitrogens is 2. The van der Waals surface area contributed by atoms with Crippen molar-refractivity contribution in [1.29, 1.82) is 0 Å². The molecule has 146 valence electrons. The molecule has 3 rings (SSSR count). The quantitative estimate of drug-likeness (QED) is 0.663. The van der Waals surface area contributed by atoms with Crippen molar-refractivity contribution in [2.45, 2.75) is 18.4 Å². The lowest BCUT2D eigenvalue weighted by Gasteiger charge is -2.11. The van der Waals surface area contributed by atoms with Crippen molar-refractivity contribution >= 4 is 21.6 Å². The first-order valence-electron chi connectivity index (χ1n) is 8.39. The zero-order valence-corrected chi connectivity index (χ0v) is 16.1. The molecule has 0 aliphatic heterocycles. The highest BCUT2D eigenvalue weighted by molar-refractivity contribution is 7.92. The van der Waals surface area contributed by atoms with Crippen LogP contribution in [-0.2, 0) is 23.6 Å². The summed E-state index contributed by atoms with van der Waals surface area (Å²) in [6.07, 6.45) is 3.37. The van der Waals surface area contributed by atoms with E-state index in [1.54, 1.807) is 36.3 Å². The third kappa shape index (κ3) is 4.55. The number of nitrogens with zero attached hydrogens (tertiary/aromatic N) is 2. The Hall–Kier alpha value is -3.20. The number of carbonyl (C=O) groups excluding carboxylic acids is 1. The Balaban J connectivity index is 1.77.